The SMILES string of the molecule is COC[C@H]1[C@@H](O)[C@H](O)[C@@H](COC[C@H]2[C@@H](O)[C@H](O)[C@@H](COC[C@H]3[C@@H](O)[C@H](O)[C@@H](COC[C@H]4[C@@H](O)[C@H](O)[C@@H](COC)O[C@H]4CO)O[C@H]3CO)O[C@H]2CO)O[C@H]1CO. The topological polar surface area (TPSA) is 326 Å². The van der Waals surface area contributed by atoms with Crippen LogP contribution in [0.2, 0.25) is 0 Å². The first kappa shape index (κ1) is 46.8. The fraction of sp³-hybridized carbons (Fsp3) is 1.00. The molecule has 0 saturated carbocycles. The number of hydrogen-bond acceptors (Lipinski definition) is 21. The molecule has 4 aliphatic rings. The maximum atomic E-state index is 11.0. The molecule has 0 aromatic heterocycles. The zero-order valence-electron chi connectivity index (χ0n) is 31.1. The molecule has 4 heterocycles. The van der Waals surface area contributed by atoms with Gasteiger partial charge in [0.05, 0.1) is 128 Å². The van der Waals surface area contributed by atoms with Gasteiger partial charge in [-0.15, -0.1) is 0 Å². The van der Waals surface area contributed by atoms with Crippen LogP contribution >= 0.6 is 0 Å². The van der Waals surface area contributed by atoms with Gasteiger partial charge in [-0.25, -0.2) is 0 Å². The number of aliphatic hydroxyl groups is 12. The minimum absolute atomic E-state index is 0.00640. The van der Waals surface area contributed by atoms with Gasteiger partial charge in [0.25, 0.3) is 0 Å². The van der Waals surface area contributed by atoms with Crippen LogP contribution in [0.1, 0.15) is 0 Å². The smallest absolute Gasteiger partial charge is 0.110 e. The van der Waals surface area contributed by atoms with E-state index in [-0.39, 0.29) is 52.9 Å². The van der Waals surface area contributed by atoms with Crippen molar-refractivity contribution in [2.45, 2.75) is 97.7 Å². The summed E-state index contributed by atoms with van der Waals surface area (Å²) < 4.78 is 50.1. The van der Waals surface area contributed by atoms with Crippen molar-refractivity contribution in [1.82, 2.24) is 0 Å². The highest BCUT2D eigenvalue weighted by molar-refractivity contribution is 4.96. The molecule has 0 aromatic carbocycles. The van der Waals surface area contributed by atoms with E-state index in [0.29, 0.717) is 0 Å². The Morgan fingerprint density at radius 3 is 0.782 bits per heavy atom. The predicted molar refractivity (Wildman–Crippen MR) is 181 cm³/mol. The quantitative estimate of drug-likeness (QED) is 0.0544. The predicted octanol–water partition coefficient (Wildman–Crippen LogP) is -7.28. The number of ether oxygens (including phenoxy) is 9. The Balaban J connectivity index is 1.24. The van der Waals surface area contributed by atoms with Crippen molar-refractivity contribution in [1.29, 1.82) is 0 Å². The summed E-state index contributed by atoms with van der Waals surface area (Å²) in [7, 11) is 2.82. The van der Waals surface area contributed by atoms with Gasteiger partial charge in [-0.05, 0) is 0 Å². The lowest BCUT2D eigenvalue weighted by atomic mass is 9.86. The van der Waals surface area contributed by atoms with Crippen LogP contribution in [0.5, 0.6) is 0 Å². The third-order valence-electron chi connectivity index (χ3n) is 11.2. The Kier molecular flexibility index (Phi) is 19.2. The monoisotopic (exact) mass is 806 g/mol. The average molecular weight is 807 g/mol. The van der Waals surface area contributed by atoms with E-state index >= 15 is 0 Å². The van der Waals surface area contributed by atoms with Crippen molar-refractivity contribution >= 4 is 0 Å². The van der Waals surface area contributed by atoms with E-state index in [2.05, 4.69) is 0 Å². The minimum Gasteiger partial charge on any atom is -0.394 e. The summed E-state index contributed by atoms with van der Waals surface area (Å²) in [5.74, 6) is -3.40. The Hall–Kier alpha value is -0.840. The third kappa shape index (κ3) is 11.3. The molecule has 0 radical (unpaired) electrons. The molecule has 0 spiro atoms. The molecule has 12 N–H and O–H groups in total. The molecule has 21 heteroatoms. The van der Waals surface area contributed by atoms with Crippen LogP contribution in [-0.2, 0) is 42.6 Å². The Bertz CT molecular complexity index is 1070. The molecule has 0 aromatic rings. The van der Waals surface area contributed by atoms with Gasteiger partial charge >= 0.3 is 0 Å². The Morgan fingerprint density at radius 2 is 0.545 bits per heavy atom. The van der Waals surface area contributed by atoms with Gasteiger partial charge in [0.2, 0.25) is 0 Å². The van der Waals surface area contributed by atoms with Gasteiger partial charge < -0.3 is 104 Å². The largest absolute Gasteiger partial charge is 0.394 e. The normalized spacial score (nSPS) is 45.5. The van der Waals surface area contributed by atoms with Crippen molar-refractivity contribution in [3.63, 3.8) is 0 Å². The molecule has 4 rings (SSSR count). The second-order valence-corrected chi connectivity index (χ2v) is 14.7. The maximum absolute atomic E-state index is 11.0. The molecule has 4 aliphatic heterocycles. The van der Waals surface area contributed by atoms with E-state index in [1.807, 2.05) is 0 Å². The first-order chi connectivity index (χ1) is 26.4. The second-order valence-electron chi connectivity index (χ2n) is 14.7. The summed E-state index contributed by atoms with van der Waals surface area (Å²) in [5.41, 5.74) is 0. The van der Waals surface area contributed by atoms with Gasteiger partial charge in [-0.1, -0.05) is 0 Å². The molecule has 21 nitrogen and oxygen atoms in total. The van der Waals surface area contributed by atoms with E-state index < -0.39 is 148 Å². The Labute approximate surface area is 318 Å². The van der Waals surface area contributed by atoms with Crippen LogP contribution < -0.4 is 0 Å². The zero-order chi connectivity index (χ0) is 40.4. The summed E-state index contributed by atoms with van der Waals surface area (Å²) >= 11 is 0. The average Bonchev–Trinajstić information content (AvgIpc) is 3.18. The van der Waals surface area contributed by atoms with E-state index in [9.17, 15) is 61.3 Å². The molecule has 20 atom stereocenters. The first-order valence-corrected chi connectivity index (χ1v) is 18.6. The van der Waals surface area contributed by atoms with Gasteiger partial charge in [0, 0.05) is 37.9 Å². The molecule has 4 saturated heterocycles. The molecular formula is C34H62O21. The highest BCUT2D eigenvalue weighted by atomic mass is 16.6. The summed E-state index contributed by atoms with van der Waals surface area (Å²) in [6.07, 6.45) is -19.1. The zero-order valence-corrected chi connectivity index (χ0v) is 31.1. The van der Waals surface area contributed by atoms with Crippen LogP contribution in [0.4, 0.5) is 0 Å². The molecule has 55 heavy (non-hydrogen) atoms. The van der Waals surface area contributed by atoms with Crippen molar-refractivity contribution < 1.29 is 104 Å². The summed E-state index contributed by atoms with van der Waals surface area (Å²) in [6.45, 7) is -3.61. The van der Waals surface area contributed by atoms with Gasteiger partial charge in [0.15, 0.2) is 0 Å². The standard InChI is InChI=1S/C34H62O21/c1-47-7-15-19(3-35)53-24(32(44)27(15)39)12-50-9-17-21(5-37)55-26(34(46)29(17)41)14-51-10-18-22(6-38)54-25(33(45)30(18)42)13-49-8-16-20(4-36)52-23(11-48-2)31(43)28(16)40/h15-46H,3-14H2,1-2H3/t15-,16-,17-,18-,19+,20+,21+,22+,23-,24-,25-,26-,27-,28-,29-,30-,31-,32-,33-,34-/m1/s1. The van der Waals surface area contributed by atoms with E-state index in [4.69, 9.17) is 42.6 Å². The fourth-order valence-corrected chi connectivity index (χ4v) is 7.80. The molecule has 0 bridgehead atoms. The van der Waals surface area contributed by atoms with Crippen LogP contribution in [0.3, 0.4) is 0 Å². The molecular weight excluding hydrogens is 744 g/mol. The second kappa shape index (κ2) is 22.5. The highest BCUT2D eigenvalue weighted by Gasteiger charge is 2.49. The fourth-order valence-electron chi connectivity index (χ4n) is 7.80. The molecule has 0 amide bonds. The van der Waals surface area contributed by atoms with Gasteiger partial charge in [-0.2, -0.15) is 0 Å². The van der Waals surface area contributed by atoms with E-state index in [1.54, 1.807) is 0 Å². The van der Waals surface area contributed by atoms with Crippen LogP contribution in [0.15, 0.2) is 0 Å². The first-order valence-electron chi connectivity index (χ1n) is 18.6. The number of hydrogen-bond donors (Lipinski definition) is 12. The van der Waals surface area contributed by atoms with Crippen LogP contribution in [0.25, 0.3) is 0 Å². The number of aliphatic hydroxyl groups excluding tert-OH is 12. The summed E-state index contributed by atoms with van der Waals surface area (Å²) in [4.78, 5) is 0. The van der Waals surface area contributed by atoms with Crippen molar-refractivity contribution in [2.24, 2.45) is 23.7 Å². The molecule has 324 valence electrons. The lowest BCUT2D eigenvalue weighted by molar-refractivity contribution is -0.251. The summed E-state index contributed by atoms with van der Waals surface area (Å²) in [6, 6.07) is 0. The van der Waals surface area contributed by atoms with E-state index in [0.717, 1.165) is 0 Å². The molecule has 0 unspecified atom stereocenters. The molecule has 0 aliphatic carbocycles. The maximum Gasteiger partial charge on any atom is 0.110 e. The highest BCUT2D eigenvalue weighted by Crippen LogP contribution is 2.32. The van der Waals surface area contributed by atoms with Crippen molar-refractivity contribution in [2.75, 3.05) is 93.5 Å². The van der Waals surface area contributed by atoms with Crippen LogP contribution in [0, 0.1) is 23.7 Å². The molecule has 4 fully saturated rings. The summed E-state index contributed by atoms with van der Waals surface area (Å²) in [5, 5.41) is 125. The van der Waals surface area contributed by atoms with Crippen LogP contribution in [-0.4, -0.2) is 252 Å². The lowest BCUT2D eigenvalue weighted by Crippen LogP contribution is -2.60. The minimum atomic E-state index is -1.51. The lowest BCUT2D eigenvalue weighted by Gasteiger charge is -2.44. The van der Waals surface area contributed by atoms with Crippen molar-refractivity contribution in [3.8, 4) is 0 Å². The number of methoxy groups -OCH3 is 2. The third-order valence-corrected chi connectivity index (χ3v) is 11.2. The van der Waals surface area contributed by atoms with E-state index in [1.165, 1.54) is 14.2 Å². The van der Waals surface area contributed by atoms with Crippen molar-refractivity contribution in [3.05, 3.63) is 0 Å². The van der Waals surface area contributed by atoms with Gasteiger partial charge in [-0.3, -0.25) is 0 Å². The van der Waals surface area contributed by atoms with Gasteiger partial charge in [0.1, 0.15) is 48.8 Å². The number of rotatable bonds is 20. The Morgan fingerprint density at radius 1 is 0.309 bits per heavy atom.